The molecule has 11 heteroatoms. The molecule has 1 N–H and O–H groups in total. The molecule has 3 heterocycles. The minimum Gasteiger partial charge on any atom is -0.493 e. The van der Waals surface area contributed by atoms with Crippen LogP contribution in [0.4, 0.5) is 15.9 Å². The second kappa shape index (κ2) is 12.3. The smallest absolute Gasteiger partial charge is 0.237 e. The molecule has 1 aliphatic carbocycles. The van der Waals surface area contributed by atoms with Crippen LogP contribution in [0.15, 0.2) is 36.7 Å². The fourth-order valence-electron chi connectivity index (χ4n) is 6.25. The zero-order chi connectivity index (χ0) is 28.3. The second-order valence-corrected chi connectivity index (χ2v) is 11.3. The number of methoxy groups -OCH3 is 1. The molecule has 1 aromatic heterocycles. The lowest BCUT2D eigenvalue weighted by Crippen LogP contribution is -2.57. The fourth-order valence-corrected chi connectivity index (χ4v) is 6.42. The molecule has 6 rings (SSSR count). The predicted octanol–water partition coefficient (Wildman–Crippen LogP) is 5.19. The van der Waals surface area contributed by atoms with Crippen LogP contribution < -0.4 is 14.8 Å². The van der Waals surface area contributed by atoms with Crippen LogP contribution in [0.5, 0.6) is 11.5 Å². The average molecular weight is 584 g/mol. The van der Waals surface area contributed by atoms with Crippen molar-refractivity contribution in [3.63, 3.8) is 0 Å². The highest BCUT2D eigenvalue weighted by molar-refractivity contribution is 6.31. The molecule has 3 aliphatic rings. The number of hydrogen-bond donors (Lipinski definition) is 1. The molecule has 2 saturated heterocycles. The first kappa shape index (κ1) is 27.9. The summed E-state index contributed by atoms with van der Waals surface area (Å²) in [6.07, 6.45) is 7.01. The van der Waals surface area contributed by atoms with Gasteiger partial charge in [0, 0.05) is 49.8 Å². The number of nitrogens with zero attached hydrogens (tertiary/aromatic N) is 4. The van der Waals surface area contributed by atoms with E-state index in [4.69, 9.17) is 25.8 Å². The van der Waals surface area contributed by atoms with Crippen molar-refractivity contribution in [1.29, 1.82) is 0 Å². The standard InChI is InChI=1S/C30H35ClFN5O4/c1-39-26-16-25-22(30(34-18-33-25)35-24-4-2-3-23(31)29(24)32)15-27(26)41-21-7-5-19(6-8-21)36-11-12-37(28(38)17-36)20-9-13-40-14-10-20/h2-4,15-16,18-21H,5-14,17H2,1H3,(H,33,34,35). The SMILES string of the molecule is COc1cc2ncnc(Nc3cccc(Cl)c3F)c2cc1OC1CCC(N2CCN(C3CCOCC3)C(=O)C2)CC1. The van der Waals surface area contributed by atoms with E-state index in [1.165, 1.54) is 12.4 Å². The van der Waals surface area contributed by atoms with Crippen molar-refractivity contribution in [3.05, 3.63) is 47.5 Å². The third-order valence-electron chi connectivity index (χ3n) is 8.50. The van der Waals surface area contributed by atoms with E-state index in [0.717, 1.165) is 64.8 Å². The van der Waals surface area contributed by atoms with Crippen LogP contribution in [0.2, 0.25) is 5.02 Å². The van der Waals surface area contributed by atoms with Gasteiger partial charge in [0.25, 0.3) is 0 Å². The number of ether oxygens (including phenoxy) is 3. The number of benzene rings is 2. The Bertz CT molecular complexity index is 1400. The molecule has 2 aromatic carbocycles. The van der Waals surface area contributed by atoms with Crippen LogP contribution in [0, 0.1) is 5.82 Å². The lowest BCUT2D eigenvalue weighted by molar-refractivity contribution is -0.142. The molecule has 9 nitrogen and oxygen atoms in total. The molecule has 41 heavy (non-hydrogen) atoms. The first-order valence-corrected chi connectivity index (χ1v) is 14.7. The van der Waals surface area contributed by atoms with Crippen molar-refractivity contribution < 1.29 is 23.4 Å². The van der Waals surface area contributed by atoms with Crippen LogP contribution in [0.3, 0.4) is 0 Å². The molecule has 3 aromatic rings. The number of carbonyl (C=O) groups is 1. The Kier molecular flexibility index (Phi) is 8.41. The number of piperazine rings is 1. The van der Waals surface area contributed by atoms with Crippen molar-refractivity contribution in [1.82, 2.24) is 19.8 Å². The summed E-state index contributed by atoms with van der Waals surface area (Å²) >= 11 is 5.97. The maximum absolute atomic E-state index is 14.6. The van der Waals surface area contributed by atoms with Gasteiger partial charge < -0.3 is 24.4 Å². The van der Waals surface area contributed by atoms with Crippen molar-refractivity contribution in [2.75, 3.05) is 45.3 Å². The largest absolute Gasteiger partial charge is 0.493 e. The third kappa shape index (κ3) is 6.05. The second-order valence-electron chi connectivity index (χ2n) is 10.9. The molecule has 218 valence electrons. The van der Waals surface area contributed by atoms with Gasteiger partial charge in [-0.2, -0.15) is 0 Å². The van der Waals surface area contributed by atoms with Crippen LogP contribution in [-0.2, 0) is 9.53 Å². The Morgan fingerprint density at radius 3 is 2.59 bits per heavy atom. The van der Waals surface area contributed by atoms with Gasteiger partial charge in [0.15, 0.2) is 17.3 Å². The average Bonchev–Trinajstić information content (AvgIpc) is 3.00. The quantitative estimate of drug-likeness (QED) is 0.407. The minimum absolute atomic E-state index is 0.0169. The Balaban J connectivity index is 1.11. The van der Waals surface area contributed by atoms with Crippen molar-refractivity contribution >= 4 is 39.9 Å². The van der Waals surface area contributed by atoms with Gasteiger partial charge in [-0.25, -0.2) is 14.4 Å². The first-order chi connectivity index (χ1) is 20.0. The highest BCUT2D eigenvalue weighted by Gasteiger charge is 2.35. The number of halogens is 2. The maximum atomic E-state index is 14.6. The number of carbonyl (C=O) groups excluding carboxylic acids is 1. The molecule has 1 saturated carbocycles. The van der Waals surface area contributed by atoms with Gasteiger partial charge >= 0.3 is 0 Å². The van der Waals surface area contributed by atoms with E-state index in [0.29, 0.717) is 46.8 Å². The molecule has 0 spiro atoms. The van der Waals surface area contributed by atoms with Gasteiger partial charge in [0.1, 0.15) is 12.1 Å². The van der Waals surface area contributed by atoms with E-state index < -0.39 is 5.82 Å². The summed E-state index contributed by atoms with van der Waals surface area (Å²) in [7, 11) is 1.60. The zero-order valence-electron chi connectivity index (χ0n) is 23.2. The Morgan fingerprint density at radius 2 is 1.83 bits per heavy atom. The number of anilines is 2. The highest BCUT2D eigenvalue weighted by Crippen LogP contribution is 2.38. The summed E-state index contributed by atoms with van der Waals surface area (Å²) in [6.45, 7) is 3.70. The van der Waals surface area contributed by atoms with Gasteiger partial charge in [0.2, 0.25) is 5.91 Å². The predicted molar refractivity (Wildman–Crippen MR) is 155 cm³/mol. The van der Waals surface area contributed by atoms with E-state index in [1.807, 2.05) is 6.07 Å². The summed E-state index contributed by atoms with van der Waals surface area (Å²) in [5.74, 6) is 1.30. The molecular formula is C30H35ClFN5O4. The Labute approximate surface area is 243 Å². The van der Waals surface area contributed by atoms with Crippen molar-refractivity contribution in [2.24, 2.45) is 0 Å². The first-order valence-electron chi connectivity index (χ1n) is 14.3. The van der Waals surface area contributed by atoms with Crippen molar-refractivity contribution in [3.8, 4) is 11.5 Å². The van der Waals surface area contributed by atoms with Crippen LogP contribution in [-0.4, -0.2) is 83.8 Å². The molecule has 0 bridgehead atoms. The van der Waals surface area contributed by atoms with Gasteiger partial charge in [-0.05, 0) is 56.7 Å². The van der Waals surface area contributed by atoms with E-state index in [9.17, 15) is 9.18 Å². The van der Waals surface area contributed by atoms with Gasteiger partial charge in [0.05, 0.1) is 36.0 Å². The van der Waals surface area contributed by atoms with Gasteiger partial charge in [-0.1, -0.05) is 17.7 Å². The minimum atomic E-state index is -0.547. The zero-order valence-corrected chi connectivity index (χ0v) is 23.9. The summed E-state index contributed by atoms with van der Waals surface area (Å²) in [5.41, 5.74) is 0.864. The lowest BCUT2D eigenvalue weighted by Gasteiger charge is -2.44. The fraction of sp³-hybridized carbons (Fsp3) is 0.500. The van der Waals surface area contributed by atoms with Crippen LogP contribution in [0.1, 0.15) is 38.5 Å². The monoisotopic (exact) mass is 583 g/mol. The summed E-state index contributed by atoms with van der Waals surface area (Å²) in [5, 5.41) is 3.75. The number of nitrogens with one attached hydrogen (secondary N) is 1. The van der Waals surface area contributed by atoms with Crippen LogP contribution >= 0.6 is 11.6 Å². The number of amides is 1. The number of hydrogen-bond acceptors (Lipinski definition) is 8. The van der Waals surface area contributed by atoms with Gasteiger partial charge in [-0.3, -0.25) is 9.69 Å². The van der Waals surface area contributed by atoms with Crippen LogP contribution in [0.25, 0.3) is 10.9 Å². The van der Waals surface area contributed by atoms with Crippen molar-refractivity contribution in [2.45, 2.75) is 56.7 Å². The molecule has 2 aliphatic heterocycles. The van der Waals surface area contributed by atoms with E-state index in [1.54, 1.807) is 25.3 Å². The number of fused-ring (bicyclic) bond motifs is 1. The molecule has 3 fully saturated rings. The Morgan fingerprint density at radius 1 is 1.02 bits per heavy atom. The molecule has 0 unspecified atom stereocenters. The Hall–Kier alpha value is -3.21. The molecule has 1 amide bonds. The van der Waals surface area contributed by atoms with E-state index in [-0.39, 0.29) is 22.7 Å². The molecule has 0 atom stereocenters. The summed E-state index contributed by atoms with van der Waals surface area (Å²) < 4.78 is 32.2. The molecular weight excluding hydrogens is 549 g/mol. The third-order valence-corrected chi connectivity index (χ3v) is 8.79. The van der Waals surface area contributed by atoms with Gasteiger partial charge in [-0.15, -0.1) is 0 Å². The number of aromatic nitrogens is 2. The topological polar surface area (TPSA) is 89.1 Å². The number of rotatable bonds is 7. The highest BCUT2D eigenvalue weighted by atomic mass is 35.5. The summed E-state index contributed by atoms with van der Waals surface area (Å²) in [4.78, 5) is 26.1. The maximum Gasteiger partial charge on any atom is 0.237 e. The summed E-state index contributed by atoms with van der Waals surface area (Å²) in [6, 6.07) is 9.13. The van der Waals surface area contributed by atoms with E-state index >= 15 is 0 Å². The van der Waals surface area contributed by atoms with E-state index in [2.05, 4.69) is 25.1 Å². The lowest BCUT2D eigenvalue weighted by atomic mass is 9.91. The molecule has 0 radical (unpaired) electrons. The normalized spacial score (nSPS) is 22.6.